The van der Waals surface area contributed by atoms with Gasteiger partial charge in [0, 0.05) is 0 Å². The SMILES string of the molecule is O=C(O)CC1SC2(CCCCC2)OC1=O. The van der Waals surface area contributed by atoms with Gasteiger partial charge in [0.1, 0.15) is 5.25 Å². The minimum absolute atomic E-state index is 0.120. The van der Waals surface area contributed by atoms with E-state index in [1.54, 1.807) is 0 Å². The number of esters is 1. The van der Waals surface area contributed by atoms with E-state index in [9.17, 15) is 9.59 Å². The lowest BCUT2D eigenvalue weighted by Crippen LogP contribution is -2.27. The summed E-state index contributed by atoms with van der Waals surface area (Å²) in [7, 11) is 0. The van der Waals surface area contributed by atoms with Crippen LogP contribution >= 0.6 is 11.8 Å². The first kappa shape index (κ1) is 10.8. The number of ether oxygens (including phenoxy) is 1. The summed E-state index contributed by atoms with van der Waals surface area (Å²) in [6.07, 6.45) is 4.95. The molecule has 1 atom stereocenters. The molecule has 4 nitrogen and oxygen atoms in total. The van der Waals surface area contributed by atoms with Gasteiger partial charge in [0.15, 0.2) is 4.93 Å². The summed E-state index contributed by atoms with van der Waals surface area (Å²) < 4.78 is 5.36. The molecule has 0 radical (unpaired) electrons. The Balaban J connectivity index is 2.01. The van der Waals surface area contributed by atoms with Crippen LogP contribution in [0.15, 0.2) is 0 Å². The molecule has 0 bridgehead atoms. The van der Waals surface area contributed by atoms with Crippen LogP contribution in [0.3, 0.4) is 0 Å². The highest BCUT2D eigenvalue weighted by Gasteiger charge is 2.48. The maximum absolute atomic E-state index is 11.5. The summed E-state index contributed by atoms with van der Waals surface area (Å²) in [4.78, 5) is 21.6. The van der Waals surface area contributed by atoms with Crippen molar-refractivity contribution in [2.24, 2.45) is 0 Å². The van der Waals surface area contributed by atoms with Gasteiger partial charge in [0.2, 0.25) is 0 Å². The first-order valence-corrected chi connectivity index (χ1v) is 6.12. The Hall–Kier alpha value is -0.710. The lowest BCUT2D eigenvalue weighted by atomic mass is 9.97. The molecular weight excluding hydrogens is 216 g/mol. The fraction of sp³-hybridized carbons (Fsp3) is 0.800. The molecule has 2 fully saturated rings. The highest BCUT2D eigenvalue weighted by atomic mass is 32.2. The number of rotatable bonds is 2. The molecule has 1 unspecified atom stereocenters. The standard InChI is InChI=1S/C10H14O4S/c11-8(12)6-7-9(13)14-10(15-7)4-2-1-3-5-10/h7H,1-6H2,(H,11,12). The van der Waals surface area contributed by atoms with Gasteiger partial charge in [0.05, 0.1) is 6.42 Å². The molecule has 1 spiro atoms. The van der Waals surface area contributed by atoms with Crippen LogP contribution in [-0.4, -0.2) is 27.2 Å². The lowest BCUT2D eigenvalue weighted by Gasteiger charge is -2.30. The highest BCUT2D eigenvalue weighted by molar-refractivity contribution is 8.02. The molecule has 1 heterocycles. The quantitative estimate of drug-likeness (QED) is 0.732. The number of carboxylic acid groups (broad SMARTS) is 1. The van der Waals surface area contributed by atoms with Crippen molar-refractivity contribution in [1.82, 2.24) is 0 Å². The van der Waals surface area contributed by atoms with Crippen molar-refractivity contribution >= 4 is 23.7 Å². The zero-order valence-corrected chi connectivity index (χ0v) is 9.22. The van der Waals surface area contributed by atoms with Gasteiger partial charge in [-0.15, -0.1) is 0 Å². The van der Waals surface area contributed by atoms with Crippen LogP contribution in [0.5, 0.6) is 0 Å². The Morgan fingerprint density at radius 3 is 2.73 bits per heavy atom. The van der Waals surface area contributed by atoms with Gasteiger partial charge in [-0.3, -0.25) is 9.59 Å². The Bertz CT molecular complexity index is 283. The normalized spacial score (nSPS) is 29.1. The Morgan fingerprint density at radius 2 is 2.13 bits per heavy atom. The molecule has 0 aromatic heterocycles. The topological polar surface area (TPSA) is 63.6 Å². The van der Waals surface area contributed by atoms with E-state index in [2.05, 4.69) is 0 Å². The van der Waals surface area contributed by atoms with Crippen molar-refractivity contribution < 1.29 is 19.4 Å². The molecule has 0 amide bonds. The van der Waals surface area contributed by atoms with Gasteiger partial charge in [-0.1, -0.05) is 18.2 Å². The molecule has 5 heteroatoms. The van der Waals surface area contributed by atoms with Gasteiger partial charge in [0.25, 0.3) is 0 Å². The maximum Gasteiger partial charge on any atom is 0.321 e. The first-order chi connectivity index (χ1) is 7.11. The van der Waals surface area contributed by atoms with Crippen LogP contribution in [0.1, 0.15) is 38.5 Å². The zero-order valence-electron chi connectivity index (χ0n) is 8.40. The molecule has 84 valence electrons. The first-order valence-electron chi connectivity index (χ1n) is 5.24. The smallest absolute Gasteiger partial charge is 0.321 e. The summed E-state index contributed by atoms with van der Waals surface area (Å²) in [5, 5.41) is 8.16. The van der Waals surface area contributed by atoms with Crippen LogP contribution in [0.4, 0.5) is 0 Å². The molecule has 1 saturated heterocycles. The fourth-order valence-corrected chi connectivity index (χ4v) is 3.72. The van der Waals surface area contributed by atoms with Gasteiger partial charge in [-0.05, 0) is 25.7 Å². The molecule has 1 N–H and O–H groups in total. The van der Waals surface area contributed by atoms with Gasteiger partial charge in [-0.2, -0.15) is 0 Å². The number of hydrogen-bond donors (Lipinski definition) is 1. The summed E-state index contributed by atoms with van der Waals surface area (Å²) in [5.74, 6) is -1.28. The third-order valence-corrected chi connectivity index (χ3v) is 4.45. The molecule has 0 aromatic carbocycles. The van der Waals surface area contributed by atoms with E-state index in [0.29, 0.717) is 0 Å². The highest BCUT2D eigenvalue weighted by Crippen LogP contribution is 2.48. The van der Waals surface area contributed by atoms with Crippen LogP contribution in [-0.2, 0) is 14.3 Å². The summed E-state index contributed by atoms with van der Waals surface area (Å²) in [5.41, 5.74) is 0. The van der Waals surface area contributed by atoms with E-state index in [1.165, 1.54) is 18.2 Å². The predicted molar refractivity (Wildman–Crippen MR) is 55.5 cm³/mol. The average Bonchev–Trinajstić information content (AvgIpc) is 2.43. The number of thioether (sulfide) groups is 1. The summed E-state index contributed by atoms with van der Waals surface area (Å²) >= 11 is 1.42. The zero-order chi connectivity index (χ0) is 10.9. The lowest BCUT2D eigenvalue weighted by molar-refractivity contribution is -0.151. The van der Waals surface area contributed by atoms with Crippen molar-refractivity contribution in [3.8, 4) is 0 Å². The number of carbonyl (C=O) groups is 2. The van der Waals surface area contributed by atoms with E-state index >= 15 is 0 Å². The molecule has 2 aliphatic rings. The minimum atomic E-state index is -0.933. The summed E-state index contributed by atoms with van der Waals surface area (Å²) in [6.45, 7) is 0. The number of aliphatic carboxylic acids is 1. The van der Waals surface area contributed by atoms with Crippen molar-refractivity contribution in [3.63, 3.8) is 0 Å². The molecule has 1 aliphatic heterocycles. The van der Waals surface area contributed by atoms with E-state index in [-0.39, 0.29) is 12.4 Å². The second kappa shape index (κ2) is 4.04. The summed E-state index contributed by atoms with van der Waals surface area (Å²) in [6, 6.07) is 0. The van der Waals surface area contributed by atoms with Crippen LogP contribution in [0, 0.1) is 0 Å². The van der Waals surface area contributed by atoms with Gasteiger partial charge >= 0.3 is 11.9 Å². The fourth-order valence-electron chi connectivity index (χ4n) is 2.17. The third-order valence-electron chi connectivity index (χ3n) is 2.88. The molecular formula is C10H14O4S. The molecule has 15 heavy (non-hydrogen) atoms. The molecule has 1 saturated carbocycles. The minimum Gasteiger partial charge on any atom is -0.481 e. The van der Waals surface area contributed by atoms with Crippen molar-refractivity contribution in [3.05, 3.63) is 0 Å². The van der Waals surface area contributed by atoms with E-state index in [1.807, 2.05) is 0 Å². The van der Waals surface area contributed by atoms with Crippen LogP contribution in [0.25, 0.3) is 0 Å². The Morgan fingerprint density at radius 1 is 1.47 bits per heavy atom. The molecule has 1 aliphatic carbocycles. The monoisotopic (exact) mass is 230 g/mol. The number of carbonyl (C=O) groups excluding carboxylic acids is 1. The van der Waals surface area contributed by atoms with Gasteiger partial charge in [-0.25, -0.2) is 0 Å². The average molecular weight is 230 g/mol. The second-order valence-electron chi connectivity index (χ2n) is 4.10. The maximum atomic E-state index is 11.5. The van der Waals surface area contributed by atoms with Crippen LogP contribution < -0.4 is 0 Å². The number of hydrogen-bond acceptors (Lipinski definition) is 4. The van der Waals surface area contributed by atoms with Crippen molar-refractivity contribution in [2.75, 3.05) is 0 Å². The van der Waals surface area contributed by atoms with E-state index in [4.69, 9.17) is 9.84 Å². The van der Waals surface area contributed by atoms with Crippen molar-refractivity contribution in [1.29, 1.82) is 0 Å². The van der Waals surface area contributed by atoms with E-state index < -0.39 is 16.2 Å². The molecule has 2 rings (SSSR count). The largest absolute Gasteiger partial charge is 0.481 e. The third kappa shape index (κ3) is 2.27. The Kier molecular flexibility index (Phi) is 2.91. The number of carboxylic acids is 1. The Labute approximate surface area is 92.4 Å². The van der Waals surface area contributed by atoms with E-state index in [0.717, 1.165) is 25.7 Å². The second-order valence-corrected chi connectivity index (χ2v) is 5.65. The molecule has 0 aromatic rings. The van der Waals surface area contributed by atoms with Gasteiger partial charge < -0.3 is 9.84 Å². The van der Waals surface area contributed by atoms with Crippen LogP contribution in [0.2, 0.25) is 0 Å². The van der Waals surface area contributed by atoms with Crippen molar-refractivity contribution in [2.45, 2.75) is 48.7 Å². The predicted octanol–water partition coefficient (Wildman–Crippen LogP) is 1.78.